The van der Waals surface area contributed by atoms with Gasteiger partial charge in [-0.25, -0.2) is 15.0 Å². The highest BCUT2D eigenvalue weighted by molar-refractivity contribution is 6.18. The molecule has 1 fully saturated rings. The van der Waals surface area contributed by atoms with E-state index in [1.165, 1.54) is 6.33 Å². The van der Waals surface area contributed by atoms with E-state index in [2.05, 4.69) is 15.0 Å². The zero-order valence-corrected chi connectivity index (χ0v) is 11.0. The molecule has 0 spiro atoms. The molecule has 8 heteroatoms. The maximum absolute atomic E-state index is 10.1. The summed E-state index contributed by atoms with van der Waals surface area (Å²) in [4.78, 5) is 12.3. The van der Waals surface area contributed by atoms with E-state index in [1.807, 2.05) is 6.92 Å². The van der Waals surface area contributed by atoms with Crippen LogP contribution in [0.4, 0.5) is 5.82 Å². The van der Waals surface area contributed by atoms with Crippen LogP contribution >= 0.6 is 11.6 Å². The second-order valence-corrected chi connectivity index (χ2v) is 4.96. The predicted octanol–water partition coefficient (Wildman–Crippen LogP) is 0.542. The largest absolute Gasteiger partial charge is 0.390 e. The molecular formula is C11H14ClN5O2. The van der Waals surface area contributed by atoms with Gasteiger partial charge in [0.1, 0.15) is 18.1 Å². The molecule has 2 aromatic rings. The minimum absolute atomic E-state index is 0.114. The third kappa shape index (κ3) is 1.85. The average Bonchev–Trinajstić information content (AvgIpc) is 2.94. The number of aliphatic hydroxyl groups excluding tert-OH is 1. The number of ether oxygens (including phenoxy) is 1. The summed E-state index contributed by atoms with van der Waals surface area (Å²) in [5.74, 6) is 0.451. The van der Waals surface area contributed by atoms with Crippen molar-refractivity contribution in [2.24, 2.45) is 5.92 Å². The lowest BCUT2D eigenvalue weighted by Crippen LogP contribution is -2.26. The SMILES string of the molecule is CC1C(O)C(CCl)OC1n1cnc2c(N)ncnc21. The lowest BCUT2D eigenvalue weighted by atomic mass is 10.0. The number of aromatic nitrogens is 4. The minimum Gasteiger partial charge on any atom is -0.390 e. The number of hydrogen-bond donors (Lipinski definition) is 2. The highest BCUT2D eigenvalue weighted by Crippen LogP contribution is 2.36. The van der Waals surface area contributed by atoms with Crippen LogP contribution in [0.3, 0.4) is 0 Å². The molecule has 0 amide bonds. The normalized spacial score (nSPS) is 31.1. The van der Waals surface area contributed by atoms with Gasteiger partial charge in [0.05, 0.1) is 24.4 Å². The summed E-state index contributed by atoms with van der Waals surface area (Å²) in [5, 5.41) is 10.1. The molecule has 1 aliphatic rings. The number of halogens is 1. The summed E-state index contributed by atoms with van der Waals surface area (Å²) < 4.78 is 7.53. The maximum atomic E-state index is 10.1. The van der Waals surface area contributed by atoms with Crippen molar-refractivity contribution in [3.8, 4) is 0 Å². The van der Waals surface area contributed by atoms with Crippen LogP contribution in [0.1, 0.15) is 13.2 Å². The number of nitrogen functional groups attached to an aromatic ring is 1. The van der Waals surface area contributed by atoms with Crippen LogP contribution in [-0.2, 0) is 4.74 Å². The van der Waals surface area contributed by atoms with Gasteiger partial charge in [0.2, 0.25) is 0 Å². The first-order valence-electron chi connectivity index (χ1n) is 5.96. The molecule has 102 valence electrons. The van der Waals surface area contributed by atoms with Crippen molar-refractivity contribution in [2.45, 2.75) is 25.4 Å². The van der Waals surface area contributed by atoms with E-state index in [0.29, 0.717) is 17.0 Å². The molecule has 1 aliphatic heterocycles. The Bertz CT molecular complexity index is 604. The van der Waals surface area contributed by atoms with Gasteiger partial charge in [-0.3, -0.25) is 4.57 Å². The van der Waals surface area contributed by atoms with Crippen LogP contribution in [0, 0.1) is 5.92 Å². The number of imidazole rings is 1. The van der Waals surface area contributed by atoms with Crippen LogP contribution in [-0.4, -0.2) is 42.7 Å². The molecule has 0 aromatic carbocycles. The van der Waals surface area contributed by atoms with E-state index in [-0.39, 0.29) is 18.0 Å². The van der Waals surface area contributed by atoms with E-state index < -0.39 is 12.2 Å². The van der Waals surface area contributed by atoms with Crippen LogP contribution in [0.25, 0.3) is 11.2 Å². The monoisotopic (exact) mass is 283 g/mol. The van der Waals surface area contributed by atoms with Gasteiger partial charge < -0.3 is 15.6 Å². The number of rotatable bonds is 2. The third-order valence-electron chi connectivity index (χ3n) is 3.50. The summed E-state index contributed by atoms with van der Waals surface area (Å²) in [7, 11) is 0. The zero-order chi connectivity index (χ0) is 13.6. The summed E-state index contributed by atoms with van der Waals surface area (Å²) in [5.41, 5.74) is 6.86. The third-order valence-corrected chi connectivity index (χ3v) is 3.80. The lowest BCUT2D eigenvalue weighted by molar-refractivity contribution is -0.00818. The standard InChI is InChI=1S/C11H14ClN5O2/c1-5-8(18)6(2-12)19-11(5)17-4-16-7-9(13)14-3-15-10(7)17/h3-6,8,11,18H,2H2,1H3,(H2,13,14,15). The molecule has 0 bridgehead atoms. The van der Waals surface area contributed by atoms with Crippen molar-refractivity contribution >= 4 is 28.6 Å². The molecule has 3 heterocycles. The van der Waals surface area contributed by atoms with E-state index in [9.17, 15) is 5.11 Å². The number of nitrogens with zero attached hydrogens (tertiary/aromatic N) is 4. The van der Waals surface area contributed by atoms with E-state index in [1.54, 1.807) is 10.9 Å². The van der Waals surface area contributed by atoms with E-state index in [0.717, 1.165) is 0 Å². The molecule has 4 atom stereocenters. The van der Waals surface area contributed by atoms with Crippen LogP contribution in [0.2, 0.25) is 0 Å². The number of anilines is 1. The Kier molecular flexibility index (Phi) is 3.04. The highest BCUT2D eigenvalue weighted by Gasteiger charge is 2.41. The smallest absolute Gasteiger partial charge is 0.167 e. The first-order valence-corrected chi connectivity index (χ1v) is 6.49. The molecule has 3 rings (SSSR count). The Balaban J connectivity index is 2.04. The molecule has 4 unspecified atom stereocenters. The van der Waals surface area contributed by atoms with Gasteiger partial charge in [-0.2, -0.15) is 0 Å². The van der Waals surface area contributed by atoms with Gasteiger partial charge in [-0.15, -0.1) is 11.6 Å². The Hall–Kier alpha value is -1.44. The second kappa shape index (κ2) is 4.59. The van der Waals surface area contributed by atoms with Gasteiger partial charge in [-0.05, 0) is 0 Å². The highest BCUT2D eigenvalue weighted by atomic mass is 35.5. The number of fused-ring (bicyclic) bond motifs is 1. The Morgan fingerprint density at radius 2 is 2.26 bits per heavy atom. The van der Waals surface area contributed by atoms with Crippen molar-refractivity contribution in [2.75, 3.05) is 11.6 Å². The van der Waals surface area contributed by atoms with Crippen molar-refractivity contribution in [1.29, 1.82) is 0 Å². The Morgan fingerprint density at radius 1 is 1.47 bits per heavy atom. The van der Waals surface area contributed by atoms with Crippen molar-refractivity contribution < 1.29 is 9.84 Å². The molecule has 19 heavy (non-hydrogen) atoms. The molecule has 0 radical (unpaired) electrons. The topological polar surface area (TPSA) is 99.1 Å². The maximum Gasteiger partial charge on any atom is 0.167 e. The Morgan fingerprint density at radius 3 is 2.95 bits per heavy atom. The summed E-state index contributed by atoms with van der Waals surface area (Å²) in [6.45, 7) is 1.90. The quantitative estimate of drug-likeness (QED) is 0.781. The van der Waals surface area contributed by atoms with Gasteiger partial charge in [-0.1, -0.05) is 6.92 Å². The summed E-state index contributed by atoms with van der Waals surface area (Å²) in [6, 6.07) is 0. The Labute approximate surface area is 114 Å². The number of alkyl halides is 1. The summed E-state index contributed by atoms with van der Waals surface area (Å²) in [6.07, 6.45) is 1.61. The fourth-order valence-corrected chi connectivity index (χ4v) is 2.65. The number of nitrogens with two attached hydrogens (primary N) is 1. The molecule has 0 aliphatic carbocycles. The van der Waals surface area contributed by atoms with Crippen LogP contribution in [0.15, 0.2) is 12.7 Å². The number of hydrogen-bond acceptors (Lipinski definition) is 6. The van der Waals surface area contributed by atoms with Crippen molar-refractivity contribution in [1.82, 2.24) is 19.5 Å². The van der Waals surface area contributed by atoms with Crippen molar-refractivity contribution in [3.05, 3.63) is 12.7 Å². The molecule has 0 saturated carbocycles. The molecule has 2 aromatic heterocycles. The van der Waals surface area contributed by atoms with Gasteiger partial charge >= 0.3 is 0 Å². The molecule has 7 nitrogen and oxygen atoms in total. The molecular weight excluding hydrogens is 270 g/mol. The lowest BCUT2D eigenvalue weighted by Gasteiger charge is -2.17. The van der Waals surface area contributed by atoms with E-state index >= 15 is 0 Å². The van der Waals surface area contributed by atoms with Gasteiger partial charge in [0.15, 0.2) is 11.5 Å². The zero-order valence-electron chi connectivity index (χ0n) is 10.3. The van der Waals surface area contributed by atoms with Crippen LogP contribution < -0.4 is 5.73 Å². The van der Waals surface area contributed by atoms with E-state index in [4.69, 9.17) is 22.1 Å². The second-order valence-electron chi connectivity index (χ2n) is 4.65. The molecule has 1 saturated heterocycles. The van der Waals surface area contributed by atoms with Crippen molar-refractivity contribution in [3.63, 3.8) is 0 Å². The first kappa shape index (κ1) is 12.6. The van der Waals surface area contributed by atoms with Gasteiger partial charge in [0.25, 0.3) is 0 Å². The van der Waals surface area contributed by atoms with Crippen LogP contribution in [0.5, 0.6) is 0 Å². The van der Waals surface area contributed by atoms with Gasteiger partial charge in [0, 0.05) is 5.92 Å². The average molecular weight is 284 g/mol. The summed E-state index contributed by atoms with van der Waals surface area (Å²) >= 11 is 5.78. The first-order chi connectivity index (χ1) is 9.13. The predicted molar refractivity (Wildman–Crippen MR) is 69.5 cm³/mol. The molecule has 3 N–H and O–H groups in total. The minimum atomic E-state index is -0.612. The fourth-order valence-electron chi connectivity index (χ4n) is 2.39. The fraction of sp³-hybridized carbons (Fsp3) is 0.545. The number of aliphatic hydroxyl groups is 1.